The molecule has 21 heavy (non-hydrogen) atoms. The van der Waals surface area contributed by atoms with Gasteiger partial charge in [-0.1, -0.05) is 18.2 Å². The number of rotatable bonds is 2. The third-order valence-electron chi connectivity index (χ3n) is 3.40. The van der Waals surface area contributed by atoms with Gasteiger partial charge in [0.25, 0.3) is 5.91 Å². The summed E-state index contributed by atoms with van der Waals surface area (Å²) in [6.07, 6.45) is 0. The maximum absolute atomic E-state index is 12.3. The Hall–Kier alpha value is -2.07. The van der Waals surface area contributed by atoms with E-state index in [9.17, 15) is 4.79 Å². The zero-order valence-corrected chi connectivity index (χ0v) is 13.4. The van der Waals surface area contributed by atoms with Gasteiger partial charge in [0.2, 0.25) is 0 Å². The lowest BCUT2D eigenvalue weighted by atomic mass is 10.2. The van der Waals surface area contributed by atoms with Crippen molar-refractivity contribution < 1.29 is 4.79 Å². The fraction of sp³-hybridized carbons (Fsp3) is 0.118. The molecule has 0 radical (unpaired) electrons. The zero-order chi connectivity index (χ0) is 15.0. The van der Waals surface area contributed by atoms with E-state index in [1.165, 1.54) is 0 Å². The minimum absolute atomic E-state index is 0.145. The molecule has 0 unspecified atom stereocenters. The largest absolute Gasteiger partial charge is 0.351 e. The van der Waals surface area contributed by atoms with E-state index in [1.54, 1.807) is 0 Å². The molecule has 0 atom stereocenters. The first kappa shape index (κ1) is 13.9. The van der Waals surface area contributed by atoms with Gasteiger partial charge >= 0.3 is 0 Å². The number of benzene rings is 2. The van der Waals surface area contributed by atoms with Crippen LogP contribution < -0.4 is 5.32 Å². The SMILES string of the molecule is Cc1ccc(NC(=O)c2cc3ccc(C)cc3[nH]2)c(Br)c1. The number of carbonyl (C=O) groups is 1. The quantitative estimate of drug-likeness (QED) is 0.690. The van der Waals surface area contributed by atoms with E-state index in [-0.39, 0.29) is 5.91 Å². The van der Waals surface area contributed by atoms with Gasteiger partial charge < -0.3 is 10.3 Å². The topological polar surface area (TPSA) is 44.9 Å². The molecule has 3 aromatic rings. The molecule has 2 aromatic carbocycles. The maximum Gasteiger partial charge on any atom is 0.272 e. The standard InChI is InChI=1S/C17H15BrN2O/c1-10-4-6-14(13(18)7-10)20-17(21)16-9-12-5-3-11(2)8-15(12)19-16/h3-9,19H,1-2H3,(H,20,21). The van der Waals surface area contributed by atoms with E-state index in [0.29, 0.717) is 5.69 Å². The molecular weight excluding hydrogens is 328 g/mol. The zero-order valence-electron chi connectivity index (χ0n) is 11.8. The molecule has 0 spiro atoms. The molecular formula is C17H15BrN2O. The van der Waals surface area contributed by atoms with Crippen molar-refractivity contribution in [2.75, 3.05) is 5.32 Å². The first-order chi connectivity index (χ1) is 10.0. The van der Waals surface area contributed by atoms with Gasteiger partial charge in [0, 0.05) is 15.4 Å². The van der Waals surface area contributed by atoms with Gasteiger partial charge in [0.15, 0.2) is 0 Å². The molecule has 3 rings (SSSR count). The number of aromatic amines is 1. The van der Waals surface area contributed by atoms with Crippen LogP contribution in [0.4, 0.5) is 5.69 Å². The lowest BCUT2D eigenvalue weighted by Gasteiger charge is -2.06. The molecule has 1 heterocycles. The molecule has 2 N–H and O–H groups in total. The second-order valence-electron chi connectivity index (χ2n) is 5.21. The van der Waals surface area contributed by atoms with Crippen molar-refractivity contribution in [2.45, 2.75) is 13.8 Å². The molecule has 0 saturated carbocycles. The lowest BCUT2D eigenvalue weighted by molar-refractivity contribution is 0.102. The number of aryl methyl sites for hydroxylation is 2. The lowest BCUT2D eigenvalue weighted by Crippen LogP contribution is -2.12. The fourth-order valence-electron chi connectivity index (χ4n) is 2.27. The number of H-pyrrole nitrogens is 1. The van der Waals surface area contributed by atoms with E-state index in [2.05, 4.69) is 26.2 Å². The van der Waals surface area contributed by atoms with Crippen molar-refractivity contribution in [3.8, 4) is 0 Å². The fourth-order valence-corrected chi connectivity index (χ4v) is 2.87. The number of amides is 1. The van der Waals surface area contributed by atoms with Crippen LogP contribution in [0.5, 0.6) is 0 Å². The van der Waals surface area contributed by atoms with Crippen molar-refractivity contribution in [3.63, 3.8) is 0 Å². The van der Waals surface area contributed by atoms with Crippen LogP contribution in [0.3, 0.4) is 0 Å². The van der Waals surface area contributed by atoms with E-state index in [0.717, 1.165) is 32.2 Å². The number of carbonyl (C=O) groups excluding carboxylic acids is 1. The van der Waals surface area contributed by atoms with Gasteiger partial charge in [0.05, 0.1) is 5.69 Å². The Balaban J connectivity index is 1.89. The van der Waals surface area contributed by atoms with Crippen LogP contribution in [0.1, 0.15) is 21.6 Å². The van der Waals surface area contributed by atoms with Crippen LogP contribution in [0.15, 0.2) is 46.9 Å². The van der Waals surface area contributed by atoms with Gasteiger partial charge in [-0.2, -0.15) is 0 Å². The van der Waals surface area contributed by atoms with Crippen molar-refractivity contribution in [1.82, 2.24) is 4.98 Å². The van der Waals surface area contributed by atoms with Gasteiger partial charge in [-0.25, -0.2) is 0 Å². The smallest absolute Gasteiger partial charge is 0.272 e. The highest BCUT2D eigenvalue weighted by molar-refractivity contribution is 9.10. The third-order valence-corrected chi connectivity index (χ3v) is 4.05. The predicted octanol–water partition coefficient (Wildman–Crippen LogP) is 4.80. The normalized spacial score (nSPS) is 10.8. The summed E-state index contributed by atoms with van der Waals surface area (Å²) in [5.74, 6) is -0.145. The van der Waals surface area contributed by atoms with E-state index in [1.807, 2.05) is 56.3 Å². The molecule has 0 saturated heterocycles. The Labute approximate surface area is 131 Å². The summed E-state index contributed by atoms with van der Waals surface area (Å²) in [6, 6.07) is 13.8. The minimum Gasteiger partial charge on any atom is -0.351 e. The molecule has 1 aromatic heterocycles. The van der Waals surface area contributed by atoms with Crippen LogP contribution in [0.25, 0.3) is 10.9 Å². The van der Waals surface area contributed by atoms with Gasteiger partial charge in [-0.3, -0.25) is 4.79 Å². The molecule has 0 bridgehead atoms. The average Bonchev–Trinajstić information content (AvgIpc) is 2.85. The van der Waals surface area contributed by atoms with E-state index >= 15 is 0 Å². The van der Waals surface area contributed by atoms with E-state index in [4.69, 9.17) is 0 Å². The Bertz CT molecular complexity index is 836. The van der Waals surface area contributed by atoms with Gasteiger partial charge in [-0.05, 0) is 65.2 Å². The van der Waals surface area contributed by atoms with Crippen LogP contribution in [-0.2, 0) is 0 Å². The molecule has 0 fully saturated rings. The molecule has 4 heteroatoms. The molecule has 106 valence electrons. The summed E-state index contributed by atoms with van der Waals surface area (Å²) in [5.41, 5.74) is 4.60. The summed E-state index contributed by atoms with van der Waals surface area (Å²) in [7, 11) is 0. The summed E-state index contributed by atoms with van der Waals surface area (Å²) < 4.78 is 0.878. The van der Waals surface area contributed by atoms with E-state index < -0.39 is 0 Å². The number of hydrogen-bond acceptors (Lipinski definition) is 1. The summed E-state index contributed by atoms with van der Waals surface area (Å²) in [4.78, 5) is 15.5. The van der Waals surface area contributed by atoms with Crippen LogP contribution in [-0.4, -0.2) is 10.9 Å². The molecule has 0 aliphatic heterocycles. The monoisotopic (exact) mass is 342 g/mol. The Morgan fingerprint density at radius 2 is 1.76 bits per heavy atom. The molecule has 0 aliphatic carbocycles. The summed E-state index contributed by atoms with van der Waals surface area (Å²) in [5, 5.41) is 3.95. The third kappa shape index (κ3) is 2.85. The number of hydrogen-bond donors (Lipinski definition) is 2. The molecule has 3 nitrogen and oxygen atoms in total. The van der Waals surface area contributed by atoms with Crippen molar-refractivity contribution in [3.05, 3.63) is 63.8 Å². The summed E-state index contributed by atoms with van der Waals surface area (Å²) in [6.45, 7) is 4.04. The van der Waals surface area contributed by atoms with Gasteiger partial charge in [0.1, 0.15) is 5.69 Å². The number of nitrogens with one attached hydrogen (secondary N) is 2. The second-order valence-corrected chi connectivity index (χ2v) is 6.07. The number of halogens is 1. The highest BCUT2D eigenvalue weighted by Crippen LogP contribution is 2.24. The number of aromatic nitrogens is 1. The van der Waals surface area contributed by atoms with Crippen molar-refractivity contribution in [2.24, 2.45) is 0 Å². The summed E-state index contributed by atoms with van der Waals surface area (Å²) >= 11 is 3.47. The average molecular weight is 343 g/mol. The highest BCUT2D eigenvalue weighted by Gasteiger charge is 2.11. The second kappa shape index (κ2) is 5.37. The Kier molecular flexibility index (Phi) is 3.55. The van der Waals surface area contributed by atoms with Crippen LogP contribution in [0.2, 0.25) is 0 Å². The predicted molar refractivity (Wildman–Crippen MR) is 89.9 cm³/mol. The molecule has 0 aliphatic rings. The highest BCUT2D eigenvalue weighted by atomic mass is 79.9. The minimum atomic E-state index is -0.145. The maximum atomic E-state index is 12.3. The van der Waals surface area contributed by atoms with Crippen LogP contribution >= 0.6 is 15.9 Å². The Morgan fingerprint density at radius 1 is 1.05 bits per heavy atom. The first-order valence-electron chi connectivity index (χ1n) is 6.70. The number of fused-ring (bicyclic) bond motifs is 1. The Morgan fingerprint density at radius 3 is 2.52 bits per heavy atom. The van der Waals surface area contributed by atoms with Gasteiger partial charge in [-0.15, -0.1) is 0 Å². The van der Waals surface area contributed by atoms with Crippen molar-refractivity contribution >= 4 is 38.4 Å². The number of anilines is 1. The molecule has 1 amide bonds. The first-order valence-corrected chi connectivity index (χ1v) is 7.49. The van der Waals surface area contributed by atoms with Crippen molar-refractivity contribution in [1.29, 1.82) is 0 Å². The van der Waals surface area contributed by atoms with Crippen LogP contribution in [0, 0.1) is 13.8 Å².